The first-order valence-electron chi connectivity index (χ1n) is 7.23. The van der Waals surface area contributed by atoms with Crippen molar-refractivity contribution in [1.82, 2.24) is 5.32 Å². The average molecular weight is 285 g/mol. The predicted octanol–water partition coefficient (Wildman–Crippen LogP) is 2.19. The molecule has 1 aliphatic rings. The van der Waals surface area contributed by atoms with Crippen LogP contribution in [0.3, 0.4) is 0 Å². The molecule has 0 radical (unpaired) electrons. The van der Waals surface area contributed by atoms with Crippen molar-refractivity contribution in [3.05, 3.63) is 29.8 Å². The molecule has 0 bridgehead atoms. The van der Waals surface area contributed by atoms with E-state index in [1.807, 2.05) is 6.07 Å². The van der Waals surface area contributed by atoms with Gasteiger partial charge in [0.1, 0.15) is 6.07 Å². The molecule has 2 unspecified atom stereocenters. The fourth-order valence-corrected chi connectivity index (χ4v) is 2.63. The van der Waals surface area contributed by atoms with Crippen LogP contribution in [0.25, 0.3) is 0 Å². The zero-order valence-corrected chi connectivity index (χ0v) is 12.1. The highest BCUT2D eigenvalue weighted by Gasteiger charge is 2.25. The molecule has 1 saturated carbocycles. The van der Waals surface area contributed by atoms with Crippen LogP contribution < -0.4 is 10.6 Å². The molecule has 1 aromatic rings. The van der Waals surface area contributed by atoms with E-state index in [1.165, 1.54) is 6.42 Å². The van der Waals surface area contributed by atoms with Crippen molar-refractivity contribution in [2.75, 3.05) is 5.32 Å². The summed E-state index contributed by atoms with van der Waals surface area (Å²) in [6, 6.07) is 8.65. The third kappa shape index (κ3) is 3.82. The Morgan fingerprint density at radius 1 is 1.19 bits per heavy atom. The third-order valence-corrected chi connectivity index (χ3v) is 3.93. The minimum atomic E-state index is -0.726. The van der Waals surface area contributed by atoms with Crippen molar-refractivity contribution in [3.8, 4) is 6.07 Å². The minimum Gasteiger partial charge on any atom is -0.345 e. The normalized spacial score (nSPS) is 21.1. The van der Waals surface area contributed by atoms with E-state index in [-0.39, 0.29) is 6.04 Å². The maximum absolute atomic E-state index is 12.0. The van der Waals surface area contributed by atoms with E-state index in [9.17, 15) is 9.59 Å². The van der Waals surface area contributed by atoms with Gasteiger partial charge in [0.15, 0.2) is 0 Å². The zero-order valence-electron chi connectivity index (χ0n) is 12.1. The van der Waals surface area contributed by atoms with Gasteiger partial charge in [0, 0.05) is 6.04 Å². The second-order valence-electron chi connectivity index (χ2n) is 5.45. The van der Waals surface area contributed by atoms with Crippen LogP contribution in [-0.4, -0.2) is 17.9 Å². The Bertz CT molecular complexity index is 577. The van der Waals surface area contributed by atoms with E-state index >= 15 is 0 Å². The second-order valence-corrected chi connectivity index (χ2v) is 5.45. The molecule has 0 heterocycles. The van der Waals surface area contributed by atoms with E-state index in [0.717, 1.165) is 19.3 Å². The number of amides is 2. The number of nitrogens with zero attached hydrogens (tertiary/aromatic N) is 1. The number of hydrogen-bond acceptors (Lipinski definition) is 3. The Labute approximate surface area is 124 Å². The molecule has 2 atom stereocenters. The molecule has 2 N–H and O–H groups in total. The number of benzene rings is 1. The van der Waals surface area contributed by atoms with Gasteiger partial charge in [-0.1, -0.05) is 31.9 Å². The highest BCUT2D eigenvalue weighted by Crippen LogP contribution is 2.23. The van der Waals surface area contributed by atoms with E-state index in [0.29, 0.717) is 17.2 Å². The van der Waals surface area contributed by atoms with Crippen LogP contribution in [0.1, 0.15) is 38.2 Å². The van der Waals surface area contributed by atoms with E-state index < -0.39 is 11.8 Å². The number of carbonyl (C=O) groups excluding carboxylic acids is 2. The number of carbonyl (C=O) groups is 2. The molecule has 1 aromatic carbocycles. The number of hydrogen-bond donors (Lipinski definition) is 2. The summed E-state index contributed by atoms with van der Waals surface area (Å²) < 4.78 is 0. The molecule has 0 spiro atoms. The molecule has 1 aliphatic carbocycles. The molecular formula is C16H19N3O2. The first kappa shape index (κ1) is 15.0. The van der Waals surface area contributed by atoms with Crippen LogP contribution in [-0.2, 0) is 9.59 Å². The number of rotatable bonds is 2. The largest absolute Gasteiger partial charge is 0.345 e. The van der Waals surface area contributed by atoms with Gasteiger partial charge in [-0.25, -0.2) is 0 Å². The third-order valence-electron chi connectivity index (χ3n) is 3.93. The summed E-state index contributed by atoms with van der Waals surface area (Å²) in [4.78, 5) is 23.9. The van der Waals surface area contributed by atoms with Gasteiger partial charge >= 0.3 is 11.8 Å². The topological polar surface area (TPSA) is 82.0 Å². The Kier molecular flexibility index (Phi) is 4.94. The van der Waals surface area contributed by atoms with Crippen LogP contribution >= 0.6 is 0 Å². The highest BCUT2D eigenvalue weighted by molar-refractivity contribution is 6.39. The number of nitrogens with one attached hydrogen (secondary N) is 2. The van der Waals surface area contributed by atoms with Gasteiger partial charge in [0.25, 0.3) is 0 Å². The minimum absolute atomic E-state index is 0.0585. The first-order chi connectivity index (χ1) is 10.1. The lowest BCUT2D eigenvalue weighted by molar-refractivity contribution is -0.137. The van der Waals surface area contributed by atoms with Gasteiger partial charge in [-0.3, -0.25) is 9.59 Å². The summed E-state index contributed by atoms with van der Waals surface area (Å²) in [6.45, 7) is 2.09. The molecule has 0 aliphatic heterocycles. The molecule has 110 valence electrons. The summed E-state index contributed by atoms with van der Waals surface area (Å²) in [5.74, 6) is -0.973. The summed E-state index contributed by atoms with van der Waals surface area (Å²) in [5.41, 5.74) is 0.696. The zero-order chi connectivity index (χ0) is 15.2. The quantitative estimate of drug-likeness (QED) is 0.817. The van der Waals surface area contributed by atoms with Crippen LogP contribution in [0.4, 0.5) is 5.69 Å². The van der Waals surface area contributed by atoms with Gasteiger partial charge in [0.05, 0.1) is 11.3 Å². The SMILES string of the molecule is CC1CCCCC1NC(=O)C(=O)Nc1ccccc1C#N. The Morgan fingerprint density at radius 2 is 1.90 bits per heavy atom. The second kappa shape index (κ2) is 6.89. The van der Waals surface area contributed by atoms with Gasteiger partial charge in [-0.15, -0.1) is 0 Å². The van der Waals surface area contributed by atoms with E-state index in [2.05, 4.69) is 17.6 Å². The Morgan fingerprint density at radius 3 is 2.62 bits per heavy atom. The lowest BCUT2D eigenvalue weighted by Gasteiger charge is -2.29. The fraction of sp³-hybridized carbons (Fsp3) is 0.438. The van der Waals surface area contributed by atoms with Crippen LogP contribution in [0, 0.1) is 17.2 Å². The Hall–Kier alpha value is -2.35. The van der Waals surface area contributed by atoms with E-state index in [1.54, 1.807) is 24.3 Å². The summed E-state index contributed by atoms with van der Waals surface area (Å²) in [7, 11) is 0. The number of nitriles is 1. The molecule has 0 aromatic heterocycles. The maximum atomic E-state index is 12.0. The molecule has 0 saturated heterocycles. The standard InChI is InChI=1S/C16H19N3O2/c1-11-6-2-4-8-13(11)18-15(20)16(21)19-14-9-5-3-7-12(14)10-17/h3,5,7,9,11,13H,2,4,6,8H2,1H3,(H,18,20)(H,19,21). The monoisotopic (exact) mass is 285 g/mol. The van der Waals surface area contributed by atoms with Crippen molar-refractivity contribution in [1.29, 1.82) is 5.26 Å². The molecule has 2 amide bonds. The Balaban J connectivity index is 1.97. The molecule has 5 heteroatoms. The first-order valence-corrected chi connectivity index (χ1v) is 7.23. The lowest BCUT2D eigenvalue weighted by atomic mass is 9.86. The van der Waals surface area contributed by atoms with Crippen molar-refractivity contribution >= 4 is 17.5 Å². The molecule has 21 heavy (non-hydrogen) atoms. The van der Waals surface area contributed by atoms with Crippen molar-refractivity contribution < 1.29 is 9.59 Å². The van der Waals surface area contributed by atoms with Gasteiger partial charge in [-0.2, -0.15) is 5.26 Å². The predicted molar refractivity (Wildman–Crippen MR) is 79.3 cm³/mol. The van der Waals surface area contributed by atoms with Crippen molar-refractivity contribution in [3.63, 3.8) is 0 Å². The van der Waals surface area contributed by atoms with Gasteiger partial charge < -0.3 is 10.6 Å². The molecule has 5 nitrogen and oxygen atoms in total. The number of para-hydroxylation sites is 1. The van der Waals surface area contributed by atoms with Crippen LogP contribution in [0.5, 0.6) is 0 Å². The van der Waals surface area contributed by atoms with E-state index in [4.69, 9.17) is 5.26 Å². The van der Waals surface area contributed by atoms with Crippen molar-refractivity contribution in [2.45, 2.75) is 38.6 Å². The summed E-state index contributed by atoms with van der Waals surface area (Å²) in [5, 5.41) is 14.2. The van der Waals surface area contributed by atoms with Gasteiger partial charge in [0.2, 0.25) is 0 Å². The average Bonchev–Trinajstić information content (AvgIpc) is 2.50. The smallest absolute Gasteiger partial charge is 0.313 e. The maximum Gasteiger partial charge on any atom is 0.313 e. The van der Waals surface area contributed by atoms with Crippen LogP contribution in [0.15, 0.2) is 24.3 Å². The summed E-state index contributed by atoms with van der Waals surface area (Å²) >= 11 is 0. The molecule has 2 rings (SSSR count). The molecular weight excluding hydrogens is 266 g/mol. The lowest BCUT2D eigenvalue weighted by Crippen LogP contribution is -2.45. The molecule has 1 fully saturated rings. The highest BCUT2D eigenvalue weighted by atomic mass is 16.2. The van der Waals surface area contributed by atoms with Gasteiger partial charge in [-0.05, 0) is 30.9 Å². The fourth-order valence-electron chi connectivity index (χ4n) is 2.63. The number of anilines is 1. The summed E-state index contributed by atoms with van der Waals surface area (Å²) in [6.07, 6.45) is 4.24. The van der Waals surface area contributed by atoms with Crippen molar-refractivity contribution in [2.24, 2.45) is 5.92 Å². The van der Waals surface area contributed by atoms with Crippen LogP contribution in [0.2, 0.25) is 0 Å².